The van der Waals surface area contributed by atoms with Gasteiger partial charge in [-0.15, -0.1) is 0 Å². The lowest BCUT2D eigenvalue weighted by Gasteiger charge is -2.57. The minimum Gasteiger partial charge on any atom is -0.380 e. The van der Waals surface area contributed by atoms with Crippen molar-refractivity contribution in [3.05, 3.63) is 29.3 Å². The molecule has 5 aliphatic carbocycles. The van der Waals surface area contributed by atoms with Gasteiger partial charge in [-0.1, -0.05) is 6.07 Å². The molecule has 0 spiro atoms. The van der Waals surface area contributed by atoms with Crippen LogP contribution < -0.4 is 5.32 Å². The molecule has 0 atom stereocenters. The van der Waals surface area contributed by atoms with Crippen LogP contribution >= 0.6 is 0 Å². The predicted octanol–water partition coefficient (Wildman–Crippen LogP) is 4.56. The quantitative estimate of drug-likeness (QED) is 0.828. The van der Waals surface area contributed by atoms with Gasteiger partial charge in [-0.05, 0) is 98.8 Å². The molecular weight excluding hydrogens is 242 g/mol. The third-order valence-electron chi connectivity index (χ3n) is 6.55. The fourth-order valence-corrected chi connectivity index (χ4v) is 6.22. The number of rotatable bonds is 2. The number of anilines is 1. The van der Waals surface area contributed by atoms with Crippen molar-refractivity contribution in [2.45, 2.75) is 63.3 Å². The summed E-state index contributed by atoms with van der Waals surface area (Å²) in [5.41, 5.74) is 5.08. The summed E-state index contributed by atoms with van der Waals surface area (Å²) in [5, 5.41) is 4.02. The Balaban J connectivity index is 1.43. The Bertz CT molecular complexity index is 509. The fourth-order valence-electron chi connectivity index (χ4n) is 6.22. The van der Waals surface area contributed by atoms with Gasteiger partial charge in [0, 0.05) is 11.2 Å². The zero-order valence-corrected chi connectivity index (χ0v) is 12.3. The summed E-state index contributed by atoms with van der Waals surface area (Å²) in [4.78, 5) is 0. The first-order chi connectivity index (χ1) is 9.78. The molecular formula is C19H25N. The van der Waals surface area contributed by atoms with E-state index in [0.29, 0.717) is 5.54 Å². The van der Waals surface area contributed by atoms with E-state index in [9.17, 15) is 0 Å². The van der Waals surface area contributed by atoms with Gasteiger partial charge in [-0.25, -0.2) is 0 Å². The number of aryl methyl sites for hydroxylation is 2. The van der Waals surface area contributed by atoms with Crippen LogP contribution in [0.25, 0.3) is 0 Å². The Morgan fingerprint density at radius 2 is 1.50 bits per heavy atom. The minimum absolute atomic E-state index is 0.460. The van der Waals surface area contributed by atoms with Crippen molar-refractivity contribution in [3.63, 3.8) is 0 Å². The van der Waals surface area contributed by atoms with E-state index in [4.69, 9.17) is 0 Å². The van der Waals surface area contributed by atoms with Gasteiger partial charge in [-0.3, -0.25) is 0 Å². The molecule has 1 N–H and O–H groups in total. The van der Waals surface area contributed by atoms with Gasteiger partial charge in [-0.2, -0.15) is 0 Å². The average Bonchev–Trinajstić information content (AvgIpc) is 2.83. The van der Waals surface area contributed by atoms with Crippen molar-refractivity contribution in [3.8, 4) is 0 Å². The maximum absolute atomic E-state index is 4.02. The van der Waals surface area contributed by atoms with E-state index in [1.54, 1.807) is 11.1 Å². The van der Waals surface area contributed by atoms with Crippen LogP contribution in [0.4, 0.5) is 5.69 Å². The molecule has 0 unspecified atom stereocenters. The number of hydrogen-bond acceptors (Lipinski definition) is 1. The Morgan fingerprint density at radius 1 is 0.850 bits per heavy atom. The van der Waals surface area contributed by atoms with Gasteiger partial charge < -0.3 is 5.32 Å². The van der Waals surface area contributed by atoms with Crippen molar-refractivity contribution >= 4 is 5.69 Å². The van der Waals surface area contributed by atoms with E-state index in [1.807, 2.05) is 0 Å². The lowest BCUT2D eigenvalue weighted by molar-refractivity contribution is 0.0107. The van der Waals surface area contributed by atoms with Crippen molar-refractivity contribution in [2.24, 2.45) is 17.8 Å². The third kappa shape index (κ3) is 1.75. The molecule has 0 amide bonds. The second-order valence-corrected chi connectivity index (χ2v) is 8.16. The average molecular weight is 267 g/mol. The maximum Gasteiger partial charge on any atom is 0.0381 e. The lowest BCUT2D eigenvalue weighted by atomic mass is 9.53. The molecule has 106 valence electrons. The van der Waals surface area contributed by atoms with Crippen LogP contribution in [0.2, 0.25) is 0 Å². The molecule has 0 aromatic heterocycles. The molecule has 0 heterocycles. The monoisotopic (exact) mass is 267 g/mol. The molecule has 1 nitrogen and oxygen atoms in total. The number of benzene rings is 1. The summed E-state index contributed by atoms with van der Waals surface area (Å²) in [6.45, 7) is 0. The van der Waals surface area contributed by atoms with Crippen molar-refractivity contribution < 1.29 is 0 Å². The van der Waals surface area contributed by atoms with Gasteiger partial charge >= 0.3 is 0 Å². The van der Waals surface area contributed by atoms with Crippen molar-refractivity contribution in [2.75, 3.05) is 5.32 Å². The predicted molar refractivity (Wildman–Crippen MR) is 83.0 cm³/mol. The van der Waals surface area contributed by atoms with Gasteiger partial charge in [0.1, 0.15) is 0 Å². The van der Waals surface area contributed by atoms with Crippen LogP contribution in [-0.2, 0) is 12.8 Å². The normalized spacial score (nSPS) is 40.9. The lowest BCUT2D eigenvalue weighted by Crippen LogP contribution is -2.54. The zero-order chi connectivity index (χ0) is 13.2. The largest absolute Gasteiger partial charge is 0.380 e. The molecule has 0 radical (unpaired) electrons. The topological polar surface area (TPSA) is 12.0 Å². The van der Waals surface area contributed by atoms with E-state index >= 15 is 0 Å². The van der Waals surface area contributed by atoms with Gasteiger partial charge in [0.05, 0.1) is 0 Å². The van der Waals surface area contributed by atoms with E-state index in [-0.39, 0.29) is 0 Å². The van der Waals surface area contributed by atoms with Crippen LogP contribution in [0.1, 0.15) is 56.1 Å². The second-order valence-electron chi connectivity index (χ2n) is 8.16. The maximum atomic E-state index is 4.02. The first-order valence-corrected chi connectivity index (χ1v) is 8.68. The zero-order valence-electron chi connectivity index (χ0n) is 12.3. The molecule has 20 heavy (non-hydrogen) atoms. The number of fused-ring (bicyclic) bond motifs is 1. The van der Waals surface area contributed by atoms with Crippen LogP contribution in [0.3, 0.4) is 0 Å². The van der Waals surface area contributed by atoms with Gasteiger partial charge in [0.2, 0.25) is 0 Å². The summed E-state index contributed by atoms with van der Waals surface area (Å²) >= 11 is 0. The molecule has 1 heteroatoms. The molecule has 6 rings (SSSR count). The summed E-state index contributed by atoms with van der Waals surface area (Å²) < 4.78 is 0. The molecule has 4 saturated carbocycles. The molecule has 1 aromatic carbocycles. The highest BCUT2D eigenvalue weighted by molar-refractivity contribution is 5.52. The standard InChI is InChI=1S/C19H25N/c1-2-16-4-5-18(9-17(16)3-1)20-19-10-13-6-14(11-19)8-15(7-13)12-19/h4-5,9,13-15,20H,1-3,6-8,10-12H2. The van der Waals surface area contributed by atoms with E-state index in [2.05, 4.69) is 23.5 Å². The van der Waals surface area contributed by atoms with Crippen molar-refractivity contribution in [1.29, 1.82) is 0 Å². The second kappa shape index (κ2) is 4.02. The van der Waals surface area contributed by atoms with E-state index in [1.165, 1.54) is 63.5 Å². The minimum atomic E-state index is 0.460. The van der Waals surface area contributed by atoms with Crippen LogP contribution in [0.5, 0.6) is 0 Å². The molecule has 1 aromatic rings. The highest BCUT2D eigenvalue weighted by Gasteiger charge is 2.50. The number of nitrogens with one attached hydrogen (secondary N) is 1. The summed E-state index contributed by atoms with van der Waals surface area (Å²) in [6, 6.07) is 7.19. The SMILES string of the molecule is c1cc2c(cc1NC13CC4CC(CC(C4)C1)C3)CCC2. The molecule has 4 bridgehead atoms. The first-order valence-electron chi connectivity index (χ1n) is 8.68. The van der Waals surface area contributed by atoms with Crippen LogP contribution in [0, 0.1) is 17.8 Å². The Labute approximate surface area is 122 Å². The van der Waals surface area contributed by atoms with E-state index < -0.39 is 0 Å². The summed E-state index contributed by atoms with van der Waals surface area (Å²) in [5.74, 6) is 3.09. The first kappa shape index (κ1) is 11.7. The van der Waals surface area contributed by atoms with Crippen LogP contribution in [0.15, 0.2) is 18.2 Å². The third-order valence-corrected chi connectivity index (χ3v) is 6.55. The molecule has 0 saturated heterocycles. The Hall–Kier alpha value is -0.980. The smallest absolute Gasteiger partial charge is 0.0381 e. The molecule has 4 fully saturated rings. The van der Waals surface area contributed by atoms with Crippen molar-refractivity contribution in [1.82, 2.24) is 0 Å². The van der Waals surface area contributed by atoms with Gasteiger partial charge in [0.25, 0.3) is 0 Å². The highest BCUT2D eigenvalue weighted by atomic mass is 15.0. The molecule has 5 aliphatic rings. The Kier molecular flexibility index (Phi) is 2.34. The van der Waals surface area contributed by atoms with Gasteiger partial charge in [0.15, 0.2) is 0 Å². The number of hydrogen-bond donors (Lipinski definition) is 1. The Morgan fingerprint density at radius 3 is 2.20 bits per heavy atom. The summed E-state index contributed by atoms with van der Waals surface area (Å²) in [6.07, 6.45) is 12.9. The fraction of sp³-hybridized carbons (Fsp3) is 0.684. The van der Waals surface area contributed by atoms with Crippen LogP contribution in [-0.4, -0.2) is 5.54 Å². The highest BCUT2D eigenvalue weighted by Crippen LogP contribution is 2.56. The summed E-state index contributed by atoms with van der Waals surface area (Å²) in [7, 11) is 0. The molecule has 0 aliphatic heterocycles. The van der Waals surface area contributed by atoms with E-state index in [0.717, 1.165) is 17.8 Å².